The molecule has 2 rings (SSSR count). The molecule has 1 aromatic carbocycles. The van der Waals surface area contributed by atoms with Gasteiger partial charge in [0.2, 0.25) is 5.91 Å². The highest BCUT2D eigenvalue weighted by atomic mass is 19.1. The Bertz CT molecular complexity index is 391. The Morgan fingerprint density at radius 1 is 1.35 bits per heavy atom. The predicted molar refractivity (Wildman–Crippen MR) is 64.1 cm³/mol. The Hall–Kier alpha value is -1.42. The molecular weight excluding hydrogens is 219 g/mol. The molecule has 1 aromatic rings. The van der Waals surface area contributed by atoms with Gasteiger partial charge in [0.1, 0.15) is 5.82 Å². The number of benzene rings is 1. The van der Waals surface area contributed by atoms with E-state index in [0.717, 1.165) is 6.54 Å². The van der Waals surface area contributed by atoms with Gasteiger partial charge in [-0.05, 0) is 30.5 Å². The lowest BCUT2D eigenvalue weighted by Gasteiger charge is -2.06. The van der Waals surface area contributed by atoms with Crippen LogP contribution in [0, 0.1) is 5.82 Å². The Labute approximate surface area is 100 Å². The van der Waals surface area contributed by atoms with Crippen molar-refractivity contribution in [1.82, 2.24) is 10.6 Å². The number of carbonyl (C=O) groups excluding carboxylic acids is 1. The van der Waals surface area contributed by atoms with E-state index in [9.17, 15) is 9.18 Å². The zero-order valence-electron chi connectivity index (χ0n) is 9.71. The van der Waals surface area contributed by atoms with Gasteiger partial charge in [-0.3, -0.25) is 4.79 Å². The van der Waals surface area contributed by atoms with Crippen LogP contribution >= 0.6 is 0 Å². The third-order valence-electron chi connectivity index (χ3n) is 2.71. The first-order valence-corrected chi connectivity index (χ1v) is 5.98. The molecule has 0 bridgehead atoms. The lowest BCUT2D eigenvalue weighted by molar-refractivity contribution is -0.120. The van der Waals surface area contributed by atoms with Crippen molar-refractivity contribution in [2.24, 2.45) is 0 Å². The molecule has 0 heterocycles. The summed E-state index contributed by atoms with van der Waals surface area (Å²) >= 11 is 0. The molecule has 92 valence electrons. The minimum Gasteiger partial charge on any atom is -0.355 e. The van der Waals surface area contributed by atoms with Crippen molar-refractivity contribution in [2.45, 2.75) is 25.3 Å². The third-order valence-corrected chi connectivity index (χ3v) is 2.71. The Kier molecular flexibility index (Phi) is 4.09. The van der Waals surface area contributed by atoms with E-state index in [4.69, 9.17) is 0 Å². The van der Waals surface area contributed by atoms with Crippen molar-refractivity contribution in [1.29, 1.82) is 0 Å². The molecule has 0 unspecified atom stereocenters. The Morgan fingerprint density at radius 2 is 2.18 bits per heavy atom. The van der Waals surface area contributed by atoms with Crippen molar-refractivity contribution in [3.05, 3.63) is 35.6 Å². The van der Waals surface area contributed by atoms with Crippen LogP contribution in [0.4, 0.5) is 4.39 Å². The zero-order chi connectivity index (χ0) is 12.1. The lowest BCUT2D eigenvalue weighted by Crippen LogP contribution is -2.33. The maximum Gasteiger partial charge on any atom is 0.224 e. The zero-order valence-corrected chi connectivity index (χ0v) is 9.71. The van der Waals surface area contributed by atoms with Crippen molar-refractivity contribution in [3.8, 4) is 0 Å². The first kappa shape index (κ1) is 12.0. The van der Waals surface area contributed by atoms with Gasteiger partial charge in [0.25, 0.3) is 0 Å². The molecule has 2 N–H and O–H groups in total. The summed E-state index contributed by atoms with van der Waals surface area (Å²) in [6.45, 7) is 1.43. The number of rotatable bonds is 6. The van der Waals surface area contributed by atoms with E-state index in [1.165, 1.54) is 25.0 Å². The highest BCUT2D eigenvalue weighted by Crippen LogP contribution is 2.17. The fraction of sp³-hybridized carbons (Fsp3) is 0.462. The molecular formula is C13H17FN2O. The van der Waals surface area contributed by atoms with Crippen molar-refractivity contribution < 1.29 is 9.18 Å². The normalized spacial score (nSPS) is 14.6. The first-order chi connectivity index (χ1) is 8.24. The quantitative estimate of drug-likeness (QED) is 0.730. The maximum absolute atomic E-state index is 12.9. The monoisotopic (exact) mass is 236 g/mol. The van der Waals surface area contributed by atoms with Gasteiger partial charge in [0.05, 0.1) is 6.42 Å². The summed E-state index contributed by atoms with van der Waals surface area (Å²) in [6.07, 6.45) is 2.73. The largest absolute Gasteiger partial charge is 0.355 e. The smallest absolute Gasteiger partial charge is 0.224 e. The van der Waals surface area contributed by atoms with E-state index >= 15 is 0 Å². The predicted octanol–water partition coefficient (Wildman–Crippen LogP) is 1.24. The topological polar surface area (TPSA) is 41.1 Å². The molecule has 1 aliphatic rings. The Morgan fingerprint density at radius 3 is 2.88 bits per heavy atom. The van der Waals surface area contributed by atoms with E-state index < -0.39 is 0 Å². The van der Waals surface area contributed by atoms with E-state index in [-0.39, 0.29) is 18.1 Å². The van der Waals surface area contributed by atoms with Gasteiger partial charge in [0.15, 0.2) is 0 Å². The highest BCUT2D eigenvalue weighted by molar-refractivity contribution is 5.78. The molecule has 17 heavy (non-hydrogen) atoms. The molecule has 0 aromatic heterocycles. The van der Waals surface area contributed by atoms with E-state index in [1.54, 1.807) is 12.1 Å². The SMILES string of the molecule is O=C(Cc1cccc(F)c1)NCCNC1CC1. The number of hydrogen-bond donors (Lipinski definition) is 2. The van der Waals surface area contributed by atoms with Gasteiger partial charge >= 0.3 is 0 Å². The summed E-state index contributed by atoms with van der Waals surface area (Å²) < 4.78 is 12.9. The third kappa shape index (κ3) is 4.53. The summed E-state index contributed by atoms with van der Waals surface area (Å²) in [7, 11) is 0. The molecule has 1 fully saturated rings. The second-order valence-corrected chi connectivity index (χ2v) is 4.39. The molecule has 1 aliphatic carbocycles. The van der Waals surface area contributed by atoms with Crippen molar-refractivity contribution >= 4 is 5.91 Å². The van der Waals surface area contributed by atoms with Gasteiger partial charge in [-0.1, -0.05) is 12.1 Å². The van der Waals surface area contributed by atoms with Crippen LogP contribution in [0.1, 0.15) is 18.4 Å². The van der Waals surface area contributed by atoms with Crippen LogP contribution in [-0.4, -0.2) is 25.0 Å². The van der Waals surface area contributed by atoms with E-state index in [2.05, 4.69) is 10.6 Å². The van der Waals surface area contributed by atoms with Gasteiger partial charge < -0.3 is 10.6 Å². The van der Waals surface area contributed by atoms with Crippen LogP contribution in [0.2, 0.25) is 0 Å². The van der Waals surface area contributed by atoms with Gasteiger partial charge in [-0.25, -0.2) is 4.39 Å². The first-order valence-electron chi connectivity index (χ1n) is 5.98. The second kappa shape index (κ2) is 5.77. The average molecular weight is 236 g/mol. The van der Waals surface area contributed by atoms with E-state index in [0.29, 0.717) is 18.2 Å². The second-order valence-electron chi connectivity index (χ2n) is 4.39. The lowest BCUT2D eigenvalue weighted by atomic mass is 10.1. The molecule has 0 atom stereocenters. The molecule has 4 heteroatoms. The summed E-state index contributed by atoms with van der Waals surface area (Å²) in [4.78, 5) is 11.5. The van der Waals surface area contributed by atoms with Gasteiger partial charge in [-0.2, -0.15) is 0 Å². The number of hydrogen-bond acceptors (Lipinski definition) is 2. The fourth-order valence-electron chi connectivity index (χ4n) is 1.66. The van der Waals surface area contributed by atoms with Crippen LogP contribution in [-0.2, 0) is 11.2 Å². The number of amides is 1. The fourth-order valence-corrected chi connectivity index (χ4v) is 1.66. The minimum absolute atomic E-state index is 0.0619. The summed E-state index contributed by atoms with van der Waals surface area (Å²) in [5.41, 5.74) is 0.706. The number of carbonyl (C=O) groups is 1. The van der Waals surface area contributed by atoms with Crippen LogP contribution in [0.15, 0.2) is 24.3 Å². The standard InChI is InChI=1S/C13H17FN2O/c14-11-3-1-2-10(8-11)9-13(17)16-7-6-15-12-4-5-12/h1-3,8,12,15H,4-7,9H2,(H,16,17). The minimum atomic E-state index is -0.300. The molecule has 1 amide bonds. The molecule has 1 saturated carbocycles. The molecule has 3 nitrogen and oxygen atoms in total. The highest BCUT2D eigenvalue weighted by Gasteiger charge is 2.19. The number of halogens is 1. The molecule has 0 saturated heterocycles. The number of nitrogens with one attached hydrogen (secondary N) is 2. The van der Waals surface area contributed by atoms with Gasteiger partial charge in [-0.15, -0.1) is 0 Å². The summed E-state index contributed by atoms with van der Waals surface area (Å²) in [5, 5.41) is 6.12. The van der Waals surface area contributed by atoms with E-state index in [1.807, 2.05) is 0 Å². The van der Waals surface area contributed by atoms with Crippen molar-refractivity contribution in [3.63, 3.8) is 0 Å². The maximum atomic E-state index is 12.9. The van der Waals surface area contributed by atoms with Crippen LogP contribution in [0.5, 0.6) is 0 Å². The summed E-state index contributed by atoms with van der Waals surface area (Å²) in [5.74, 6) is -0.362. The van der Waals surface area contributed by atoms with Crippen LogP contribution in [0.25, 0.3) is 0 Å². The summed E-state index contributed by atoms with van der Waals surface area (Å²) in [6, 6.07) is 6.80. The molecule has 0 radical (unpaired) electrons. The van der Waals surface area contributed by atoms with Crippen LogP contribution < -0.4 is 10.6 Å². The van der Waals surface area contributed by atoms with Crippen LogP contribution in [0.3, 0.4) is 0 Å². The van der Waals surface area contributed by atoms with Crippen molar-refractivity contribution in [2.75, 3.05) is 13.1 Å². The molecule has 0 spiro atoms. The average Bonchev–Trinajstić information content (AvgIpc) is 3.08. The Balaban J connectivity index is 1.65. The van der Waals surface area contributed by atoms with Gasteiger partial charge in [0, 0.05) is 19.1 Å². The molecule has 0 aliphatic heterocycles.